The molecule has 2 heterocycles. The van der Waals surface area contributed by atoms with Gasteiger partial charge in [-0.3, -0.25) is 0 Å². The molecule has 1 aromatic heterocycles. The number of hydrogen-bond acceptors (Lipinski definition) is 6. The van der Waals surface area contributed by atoms with Crippen LogP contribution in [0, 0.1) is 11.3 Å². The molecule has 0 saturated carbocycles. The molecular formula is C14H13N3O4S. The third-order valence-electron chi connectivity index (χ3n) is 3.27. The summed E-state index contributed by atoms with van der Waals surface area (Å²) in [6.45, 7) is 1.10. The van der Waals surface area contributed by atoms with Gasteiger partial charge in [0.25, 0.3) is 15.1 Å². The first-order valence-corrected chi connectivity index (χ1v) is 8.11. The van der Waals surface area contributed by atoms with E-state index in [1.165, 1.54) is 4.31 Å². The Bertz CT molecular complexity index is 802. The van der Waals surface area contributed by atoms with Crippen molar-refractivity contribution in [2.24, 2.45) is 0 Å². The first kappa shape index (κ1) is 14.7. The van der Waals surface area contributed by atoms with Crippen LogP contribution < -0.4 is 0 Å². The first-order chi connectivity index (χ1) is 10.6. The van der Waals surface area contributed by atoms with Crippen molar-refractivity contribution in [2.75, 3.05) is 26.3 Å². The van der Waals surface area contributed by atoms with E-state index in [4.69, 9.17) is 14.4 Å². The maximum Gasteiger partial charge on any atom is 0.279 e. The minimum Gasteiger partial charge on any atom is -0.422 e. The second-order valence-corrected chi connectivity index (χ2v) is 6.49. The summed E-state index contributed by atoms with van der Waals surface area (Å²) in [5.74, 6) is 0.115. The Morgan fingerprint density at radius 1 is 1.18 bits per heavy atom. The summed E-state index contributed by atoms with van der Waals surface area (Å²) in [6, 6.07) is 10.6. The molecular weight excluding hydrogens is 306 g/mol. The number of nitriles is 1. The van der Waals surface area contributed by atoms with Gasteiger partial charge in [-0.15, -0.1) is 0 Å². The first-order valence-electron chi connectivity index (χ1n) is 6.67. The summed E-state index contributed by atoms with van der Waals surface area (Å²) in [7, 11) is -3.89. The van der Waals surface area contributed by atoms with Crippen LogP contribution in [0.4, 0.5) is 0 Å². The van der Waals surface area contributed by atoms with E-state index in [2.05, 4.69) is 4.98 Å². The Morgan fingerprint density at radius 3 is 2.50 bits per heavy atom. The predicted molar refractivity (Wildman–Crippen MR) is 76.2 cm³/mol. The number of hydrogen-bond donors (Lipinski definition) is 0. The highest BCUT2D eigenvalue weighted by Crippen LogP contribution is 2.27. The lowest BCUT2D eigenvalue weighted by Crippen LogP contribution is -2.40. The van der Waals surface area contributed by atoms with Crippen LogP contribution in [0.25, 0.3) is 11.5 Å². The predicted octanol–water partition coefficient (Wildman–Crippen LogP) is 1.23. The number of rotatable bonds is 3. The van der Waals surface area contributed by atoms with Gasteiger partial charge in [0.15, 0.2) is 5.69 Å². The van der Waals surface area contributed by atoms with E-state index in [1.807, 2.05) is 6.07 Å². The van der Waals surface area contributed by atoms with Crippen molar-refractivity contribution in [3.8, 4) is 17.5 Å². The van der Waals surface area contributed by atoms with Crippen molar-refractivity contribution in [1.82, 2.24) is 9.29 Å². The molecule has 0 spiro atoms. The van der Waals surface area contributed by atoms with Crippen molar-refractivity contribution in [3.05, 3.63) is 36.0 Å². The molecule has 7 nitrogen and oxygen atoms in total. The molecule has 3 rings (SSSR count). The molecule has 0 unspecified atom stereocenters. The number of oxazole rings is 1. The van der Waals surface area contributed by atoms with E-state index in [-0.39, 0.29) is 24.7 Å². The summed E-state index contributed by atoms with van der Waals surface area (Å²) in [5, 5.41) is 8.75. The van der Waals surface area contributed by atoms with E-state index >= 15 is 0 Å². The van der Waals surface area contributed by atoms with Gasteiger partial charge in [-0.1, -0.05) is 18.2 Å². The fourth-order valence-corrected chi connectivity index (χ4v) is 3.54. The molecule has 0 radical (unpaired) electrons. The van der Waals surface area contributed by atoms with Crippen LogP contribution in [0.15, 0.2) is 39.8 Å². The van der Waals surface area contributed by atoms with E-state index in [9.17, 15) is 8.42 Å². The topological polar surface area (TPSA) is 96.4 Å². The van der Waals surface area contributed by atoms with Gasteiger partial charge in [-0.25, -0.2) is 8.42 Å². The number of sulfonamides is 1. The molecule has 0 atom stereocenters. The van der Waals surface area contributed by atoms with Crippen LogP contribution in [0.2, 0.25) is 0 Å². The normalized spacial score (nSPS) is 16.3. The Hall–Kier alpha value is -2.21. The number of ether oxygens (including phenoxy) is 1. The molecule has 22 heavy (non-hydrogen) atoms. The minimum atomic E-state index is -3.89. The van der Waals surface area contributed by atoms with Crippen molar-refractivity contribution in [1.29, 1.82) is 5.26 Å². The molecule has 1 aliphatic rings. The molecule has 0 aliphatic carbocycles. The maximum atomic E-state index is 12.6. The Balaban J connectivity index is 2.04. The molecule has 0 N–H and O–H groups in total. The van der Waals surface area contributed by atoms with Gasteiger partial charge in [0, 0.05) is 18.7 Å². The van der Waals surface area contributed by atoms with Crippen LogP contribution in [0.5, 0.6) is 0 Å². The second-order valence-electron chi connectivity index (χ2n) is 4.65. The average Bonchev–Trinajstić information content (AvgIpc) is 3.02. The smallest absolute Gasteiger partial charge is 0.279 e. The fraction of sp³-hybridized carbons (Fsp3) is 0.286. The van der Waals surface area contributed by atoms with Crippen LogP contribution in [0.1, 0.15) is 5.69 Å². The summed E-state index contributed by atoms with van der Waals surface area (Å²) >= 11 is 0. The lowest BCUT2D eigenvalue weighted by molar-refractivity contribution is 0.0724. The van der Waals surface area contributed by atoms with Gasteiger partial charge in [-0.05, 0) is 12.1 Å². The Morgan fingerprint density at radius 2 is 1.86 bits per heavy atom. The van der Waals surface area contributed by atoms with Crippen LogP contribution >= 0.6 is 0 Å². The van der Waals surface area contributed by atoms with E-state index in [1.54, 1.807) is 30.3 Å². The van der Waals surface area contributed by atoms with Crippen molar-refractivity contribution in [2.45, 2.75) is 5.09 Å². The highest BCUT2D eigenvalue weighted by Gasteiger charge is 2.33. The molecule has 0 bridgehead atoms. The second kappa shape index (κ2) is 5.88. The van der Waals surface area contributed by atoms with Crippen molar-refractivity contribution in [3.63, 3.8) is 0 Å². The number of aromatic nitrogens is 1. The highest BCUT2D eigenvalue weighted by atomic mass is 32.2. The summed E-state index contributed by atoms with van der Waals surface area (Å²) in [6.07, 6.45) is 0. The number of morpholine rings is 1. The Labute approximate surface area is 127 Å². The zero-order valence-electron chi connectivity index (χ0n) is 11.6. The summed E-state index contributed by atoms with van der Waals surface area (Å²) in [5.41, 5.74) is 0.382. The Kier molecular flexibility index (Phi) is 3.94. The third-order valence-corrected chi connectivity index (χ3v) is 5.06. The molecule has 1 saturated heterocycles. The van der Waals surface area contributed by atoms with Crippen LogP contribution in [-0.2, 0) is 14.8 Å². The molecule has 1 aromatic carbocycles. The largest absolute Gasteiger partial charge is 0.422 e. The van der Waals surface area contributed by atoms with Crippen molar-refractivity contribution >= 4 is 10.0 Å². The monoisotopic (exact) mass is 319 g/mol. The lowest BCUT2D eigenvalue weighted by Gasteiger charge is -2.24. The van der Waals surface area contributed by atoms with Crippen molar-refractivity contribution < 1.29 is 17.6 Å². The molecule has 1 fully saturated rings. The average molecular weight is 319 g/mol. The number of benzene rings is 1. The molecule has 1 aliphatic heterocycles. The number of nitrogens with zero attached hydrogens (tertiary/aromatic N) is 3. The zero-order valence-corrected chi connectivity index (χ0v) is 12.4. The maximum absolute atomic E-state index is 12.6. The fourth-order valence-electron chi connectivity index (χ4n) is 2.16. The van der Waals surface area contributed by atoms with Gasteiger partial charge >= 0.3 is 0 Å². The molecule has 0 amide bonds. The molecule has 114 valence electrons. The molecule has 8 heteroatoms. The SMILES string of the molecule is N#Cc1nc(-c2ccccc2)oc1S(=O)(=O)N1CCOCC1. The van der Waals surface area contributed by atoms with Gasteiger partial charge in [0.05, 0.1) is 13.2 Å². The lowest BCUT2D eigenvalue weighted by atomic mass is 10.2. The highest BCUT2D eigenvalue weighted by molar-refractivity contribution is 7.89. The third kappa shape index (κ3) is 2.62. The standard InChI is InChI=1S/C14H13N3O4S/c15-10-12-14(22(18,19)17-6-8-20-9-7-17)21-13(16-12)11-4-2-1-3-5-11/h1-5H,6-9H2. The quantitative estimate of drug-likeness (QED) is 0.844. The van der Waals surface area contributed by atoms with Gasteiger partial charge in [0.1, 0.15) is 6.07 Å². The zero-order chi connectivity index (χ0) is 15.6. The summed E-state index contributed by atoms with van der Waals surface area (Å²) < 4.78 is 37.0. The van der Waals surface area contributed by atoms with Gasteiger partial charge in [0.2, 0.25) is 5.89 Å². The van der Waals surface area contributed by atoms with E-state index in [0.717, 1.165) is 0 Å². The van der Waals surface area contributed by atoms with Gasteiger partial charge < -0.3 is 9.15 Å². The van der Waals surface area contributed by atoms with Gasteiger partial charge in [-0.2, -0.15) is 14.6 Å². The minimum absolute atomic E-state index is 0.115. The molecule has 2 aromatic rings. The summed E-state index contributed by atoms with van der Waals surface area (Å²) in [4.78, 5) is 4.00. The van der Waals surface area contributed by atoms with E-state index < -0.39 is 15.1 Å². The van der Waals surface area contributed by atoms with E-state index in [0.29, 0.717) is 18.8 Å². The van der Waals surface area contributed by atoms with Crippen LogP contribution in [-0.4, -0.2) is 44.0 Å². The van der Waals surface area contributed by atoms with Crippen LogP contribution in [0.3, 0.4) is 0 Å².